The summed E-state index contributed by atoms with van der Waals surface area (Å²) in [4.78, 5) is 0. The molecule has 1 aliphatic heterocycles. The molecule has 0 amide bonds. The molecule has 17 heavy (non-hydrogen) atoms. The molecule has 0 radical (unpaired) electrons. The van der Waals surface area contributed by atoms with Gasteiger partial charge in [-0.1, -0.05) is 25.1 Å². The molecular weight excluding hydrogens is 212 g/mol. The molecule has 1 N–H and O–H groups in total. The summed E-state index contributed by atoms with van der Waals surface area (Å²) in [6.07, 6.45) is 5.33. The molecule has 0 bridgehead atoms. The van der Waals surface area contributed by atoms with Gasteiger partial charge in [-0.3, -0.25) is 0 Å². The predicted molar refractivity (Wildman–Crippen MR) is 67.1 cm³/mol. The Bertz CT molecular complexity index is 390. The lowest BCUT2D eigenvalue weighted by Crippen LogP contribution is -2.24. The van der Waals surface area contributed by atoms with Crippen LogP contribution in [0.4, 0.5) is 0 Å². The highest BCUT2D eigenvalue weighted by atomic mass is 16.5. The molecule has 1 saturated carbocycles. The van der Waals surface area contributed by atoms with Crippen LogP contribution in [0, 0.1) is 5.41 Å². The zero-order valence-electron chi connectivity index (χ0n) is 10.4. The molecule has 3 unspecified atom stereocenters. The maximum atomic E-state index is 9.67. The van der Waals surface area contributed by atoms with Gasteiger partial charge in [-0.15, -0.1) is 0 Å². The van der Waals surface area contributed by atoms with E-state index in [1.165, 1.54) is 5.56 Å². The Hall–Kier alpha value is -1.02. The summed E-state index contributed by atoms with van der Waals surface area (Å²) in [6.45, 7) is 2.29. The SMILES string of the molecule is CC1(CC2Cc3ccccc3O2)CCC(O)C1. The van der Waals surface area contributed by atoms with Gasteiger partial charge in [-0.2, -0.15) is 0 Å². The Balaban J connectivity index is 1.66. The zero-order chi connectivity index (χ0) is 11.9. The van der Waals surface area contributed by atoms with Crippen molar-refractivity contribution >= 4 is 0 Å². The van der Waals surface area contributed by atoms with Crippen molar-refractivity contribution in [3.05, 3.63) is 29.8 Å². The second kappa shape index (κ2) is 4.02. The second-order valence-electron chi connectivity index (χ2n) is 5.96. The average Bonchev–Trinajstić information content (AvgIpc) is 2.81. The predicted octanol–water partition coefficient (Wildman–Crippen LogP) is 2.93. The smallest absolute Gasteiger partial charge is 0.123 e. The van der Waals surface area contributed by atoms with Crippen LogP contribution in [-0.2, 0) is 6.42 Å². The van der Waals surface area contributed by atoms with Crippen LogP contribution < -0.4 is 4.74 Å². The van der Waals surface area contributed by atoms with Gasteiger partial charge in [0.15, 0.2) is 0 Å². The third kappa shape index (κ3) is 2.19. The first-order chi connectivity index (χ1) is 8.15. The third-order valence-corrected chi connectivity index (χ3v) is 4.24. The van der Waals surface area contributed by atoms with Gasteiger partial charge >= 0.3 is 0 Å². The molecule has 2 aliphatic rings. The van der Waals surface area contributed by atoms with E-state index in [4.69, 9.17) is 4.74 Å². The number of hydrogen-bond donors (Lipinski definition) is 1. The summed E-state index contributed by atoms with van der Waals surface area (Å²) in [7, 11) is 0. The minimum absolute atomic E-state index is 0.0937. The molecule has 3 atom stereocenters. The number of ether oxygens (including phenoxy) is 1. The largest absolute Gasteiger partial charge is 0.490 e. The molecule has 1 heterocycles. The fourth-order valence-electron chi connectivity index (χ4n) is 3.39. The van der Waals surface area contributed by atoms with E-state index in [0.29, 0.717) is 6.10 Å². The molecule has 1 aliphatic carbocycles. The summed E-state index contributed by atoms with van der Waals surface area (Å²) in [5, 5.41) is 9.67. The van der Waals surface area contributed by atoms with Gasteiger partial charge in [0.05, 0.1) is 6.10 Å². The standard InChI is InChI=1S/C15H20O2/c1-15(7-6-12(16)9-15)10-13-8-11-4-2-3-5-14(11)17-13/h2-5,12-13,16H,6-10H2,1H3. The third-order valence-electron chi connectivity index (χ3n) is 4.24. The topological polar surface area (TPSA) is 29.5 Å². The Morgan fingerprint density at radius 2 is 2.24 bits per heavy atom. The number of rotatable bonds is 2. The lowest BCUT2D eigenvalue weighted by Gasteiger charge is -2.26. The number of benzene rings is 1. The normalized spacial score (nSPS) is 35.6. The molecular formula is C15H20O2. The zero-order valence-corrected chi connectivity index (χ0v) is 10.4. The summed E-state index contributed by atoms with van der Waals surface area (Å²) >= 11 is 0. The Morgan fingerprint density at radius 3 is 2.94 bits per heavy atom. The summed E-state index contributed by atoms with van der Waals surface area (Å²) in [5.41, 5.74) is 1.60. The van der Waals surface area contributed by atoms with Crippen molar-refractivity contribution in [2.45, 2.75) is 51.2 Å². The first kappa shape index (κ1) is 11.1. The van der Waals surface area contributed by atoms with Crippen LogP contribution in [0.15, 0.2) is 24.3 Å². The first-order valence-electron chi connectivity index (χ1n) is 6.57. The van der Waals surface area contributed by atoms with Crippen molar-refractivity contribution in [1.82, 2.24) is 0 Å². The highest BCUT2D eigenvalue weighted by Gasteiger charge is 2.38. The molecule has 0 aromatic heterocycles. The molecule has 1 fully saturated rings. The number of fused-ring (bicyclic) bond motifs is 1. The van der Waals surface area contributed by atoms with Crippen LogP contribution in [0.3, 0.4) is 0 Å². The number of hydrogen-bond acceptors (Lipinski definition) is 2. The van der Waals surface area contributed by atoms with Gasteiger partial charge in [0.25, 0.3) is 0 Å². The molecule has 2 heteroatoms. The first-order valence-corrected chi connectivity index (χ1v) is 6.57. The summed E-state index contributed by atoms with van der Waals surface area (Å²) in [6, 6.07) is 8.32. The molecule has 2 nitrogen and oxygen atoms in total. The van der Waals surface area contributed by atoms with E-state index in [1.807, 2.05) is 6.07 Å². The van der Waals surface area contributed by atoms with Crippen molar-refractivity contribution in [1.29, 1.82) is 0 Å². The van der Waals surface area contributed by atoms with E-state index in [0.717, 1.165) is 37.9 Å². The second-order valence-corrected chi connectivity index (χ2v) is 5.96. The van der Waals surface area contributed by atoms with E-state index >= 15 is 0 Å². The Kier molecular flexibility index (Phi) is 2.62. The number of para-hydroxylation sites is 1. The van der Waals surface area contributed by atoms with Gasteiger partial charge in [0.2, 0.25) is 0 Å². The summed E-state index contributed by atoms with van der Waals surface area (Å²) in [5.74, 6) is 1.06. The fourth-order valence-corrected chi connectivity index (χ4v) is 3.39. The van der Waals surface area contributed by atoms with Crippen LogP contribution in [0.2, 0.25) is 0 Å². The van der Waals surface area contributed by atoms with E-state index in [1.54, 1.807) is 0 Å². The van der Waals surface area contributed by atoms with E-state index < -0.39 is 0 Å². The van der Waals surface area contributed by atoms with Crippen LogP contribution in [0.1, 0.15) is 38.2 Å². The number of aliphatic hydroxyl groups excluding tert-OH is 1. The lowest BCUT2D eigenvalue weighted by molar-refractivity contribution is 0.123. The average molecular weight is 232 g/mol. The monoisotopic (exact) mass is 232 g/mol. The maximum Gasteiger partial charge on any atom is 0.123 e. The van der Waals surface area contributed by atoms with E-state index in [9.17, 15) is 5.11 Å². The van der Waals surface area contributed by atoms with Crippen molar-refractivity contribution < 1.29 is 9.84 Å². The molecule has 3 rings (SSSR count). The van der Waals surface area contributed by atoms with Crippen molar-refractivity contribution in [2.75, 3.05) is 0 Å². The van der Waals surface area contributed by atoms with E-state index in [-0.39, 0.29) is 11.5 Å². The fraction of sp³-hybridized carbons (Fsp3) is 0.600. The molecule has 92 valence electrons. The van der Waals surface area contributed by atoms with Gasteiger partial charge in [0, 0.05) is 6.42 Å². The molecule has 0 spiro atoms. The van der Waals surface area contributed by atoms with E-state index in [2.05, 4.69) is 25.1 Å². The molecule has 1 aromatic rings. The van der Waals surface area contributed by atoms with Crippen LogP contribution in [0.25, 0.3) is 0 Å². The van der Waals surface area contributed by atoms with Gasteiger partial charge in [0.1, 0.15) is 11.9 Å². The Morgan fingerprint density at radius 1 is 1.41 bits per heavy atom. The highest BCUT2D eigenvalue weighted by molar-refractivity contribution is 5.37. The maximum absolute atomic E-state index is 9.67. The van der Waals surface area contributed by atoms with Gasteiger partial charge in [-0.05, 0) is 42.7 Å². The lowest BCUT2D eigenvalue weighted by atomic mass is 9.82. The number of aliphatic hydroxyl groups is 1. The van der Waals surface area contributed by atoms with Crippen LogP contribution in [0.5, 0.6) is 5.75 Å². The van der Waals surface area contributed by atoms with Crippen molar-refractivity contribution in [3.8, 4) is 5.75 Å². The van der Waals surface area contributed by atoms with Gasteiger partial charge in [-0.25, -0.2) is 0 Å². The molecule has 0 saturated heterocycles. The Labute approximate surface area is 103 Å². The van der Waals surface area contributed by atoms with Crippen LogP contribution in [-0.4, -0.2) is 17.3 Å². The van der Waals surface area contributed by atoms with Crippen molar-refractivity contribution in [3.63, 3.8) is 0 Å². The van der Waals surface area contributed by atoms with Crippen molar-refractivity contribution in [2.24, 2.45) is 5.41 Å². The quantitative estimate of drug-likeness (QED) is 0.849. The molecule has 1 aromatic carbocycles. The summed E-state index contributed by atoms with van der Waals surface area (Å²) < 4.78 is 5.99. The van der Waals surface area contributed by atoms with Gasteiger partial charge < -0.3 is 9.84 Å². The minimum atomic E-state index is -0.0937. The van der Waals surface area contributed by atoms with Crippen LogP contribution >= 0.6 is 0 Å². The highest BCUT2D eigenvalue weighted by Crippen LogP contribution is 2.44. The minimum Gasteiger partial charge on any atom is -0.490 e.